The minimum atomic E-state index is -0.484. The van der Waals surface area contributed by atoms with Crippen LogP contribution in [0.15, 0.2) is 53.0 Å². The Labute approximate surface area is 123 Å². The summed E-state index contributed by atoms with van der Waals surface area (Å²) in [5.41, 5.74) is 0.991. The van der Waals surface area contributed by atoms with Crippen LogP contribution in [0.25, 0.3) is 0 Å². The number of rotatable bonds is 4. The number of nitro groups is 1. The Balaban J connectivity index is 2.11. The molecular weight excluding hydrogens is 324 g/mol. The van der Waals surface area contributed by atoms with Crippen molar-refractivity contribution in [3.63, 3.8) is 0 Å². The van der Waals surface area contributed by atoms with Crippen molar-refractivity contribution in [2.24, 2.45) is 0 Å². The lowest BCUT2D eigenvalue weighted by Gasteiger charge is -2.06. The highest BCUT2D eigenvalue weighted by Crippen LogP contribution is 2.19. The van der Waals surface area contributed by atoms with Crippen molar-refractivity contribution in [3.05, 3.63) is 68.7 Å². The van der Waals surface area contributed by atoms with E-state index in [1.165, 1.54) is 6.07 Å². The predicted molar refractivity (Wildman–Crippen MR) is 79.6 cm³/mol. The van der Waals surface area contributed by atoms with Gasteiger partial charge < -0.3 is 5.32 Å². The Kier molecular flexibility index (Phi) is 4.47. The third-order valence-electron chi connectivity index (χ3n) is 2.65. The van der Waals surface area contributed by atoms with Gasteiger partial charge in [0.15, 0.2) is 0 Å². The van der Waals surface area contributed by atoms with Crippen molar-refractivity contribution >= 4 is 33.2 Å². The molecule has 0 radical (unpaired) electrons. The van der Waals surface area contributed by atoms with Gasteiger partial charge in [-0.3, -0.25) is 14.9 Å². The van der Waals surface area contributed by atoms with Crippen molar-refractivity contribution in [1.29, 1.82) is 0 Å². The molecule has 0 saturated heterocycles. The molecule has 0 fully saturated rings. The molecule has 2 rings (SSSR count). The molecule has 6 heteroatoms. The fourth-order valence-electron chi connectivity index (χ4n) is 1.78. The summed E-state index contributed by atoms with van der Waals surface area (Å²) in [6, 6.07) is 13.4. The maximum Gasteiger partial charge on any atom is 0.273 e. The van der Waals surface area contributed by atoms with Crippen LogP contribution in [0, 0.1) is 10.1 Å². The van der Waals surface area contributed by atoms with Gasteiger partial charge in [0, 0.05) is 21.8 Å². The van der Waals surface area contributed by atoms with E-state index in [4.69, 9.17) is 0 Å². The predicted octanol–water partition coefficient (Wildman–Crippen LogP) is 3.54. The molecule has 102 valence electrons. The summed E-state index contributed by atoms with van der Waals surface area (Å²) in [4.78, 5) is 22.3. The number of nitrogens with zero attached hydrogens (tertiary/aromatic N) is 1. The Morgan fingerprint density at radius 2 is 1.95 bits per heavy atom. The lowest BCUT2D eigenvalue weighted by Crippen LogP contribution is -2.15. The Morgan fingerprint density at radius 3 is 2.65 bits per heavy atom. The zero-order valence-electron chi connectivity index (χ0n) is 10.4. The smallest absolute Gasteiger partial charge is 0.273 e. The molecule has 2 aromatic carbocycles. The topological polar surface area (TPSA) is 72.2 Å². The number of carbonyl (C=O) groups is 1. The second-order valence-electron chi connectivity index (χ2n) is 4.12. The van der Waals surface area contributed by atoms with E-state index in [-0.39, 0.29) is 18.0 Å². The molecule has 0 aliphatic carbocycles. The van der Waals surface area contributed by atoms with Crippen molar-refractivity contribution in [2.45, 2.75) is 6.42 Å². The zero-order chi connectivity index (χ0) is 14.5. The van der Waals surface area contributed by atoms with E-state index >= 15 is 0 Å². The van der Waals surface area contributed by atoms with E-state index in [0.29, 0.717) is 11.3 Å². The third-order valence-corrected chi connectivity index (χ3v) is 3.14. The van der Waals surface area contributed by atoms with Gasteiger partial charge in [0.2, 0.25) is 5.91 Å². The van der Waals surface area contributed by atoms with Crippen LogP contribution >= 0.6 is 15.9 Å². The number of carbonyl (C=O) groups excluding carboxylic acids is 1. The van der Waals surface area contributed by atoms with Gasteiger partial charge in [0.05, 0.1) is 11.3 Å². The molecule has 0 spiro atoms. The van der Waals surface area contributed by atoms with Crippen LogP contribution in [-0.2, 0) is 11.2 Å². The first-order valence-corrected chi connectivity index (χ1v) is 6.63. The van der Waals surface area contributed by atoms with Gasteiger partial charge in [0.1, 0.15) is 0 Å². The molecule has 0 unspecified atom stereocenters. The molecule has 0 aliphatic heterocycles. The molecular formula is C14H11BrN2O3. The van der Waals surface area contributed by atoms with Gasteiger partial charge in [-0.15, -0.1) is 0 Å². The maximum absolute atomic E-state index is 11.9. The van der Waals surface area contributed by atoms with E-state index in [0.717, 1.165) is 4.47 Å². The Morgan fingerprint density at radius 1 is 1.20 bits per heavy atom. The summed E-state index contributed by atoms with van der Waals surface area (Å²) in [6.07, 6.45) is -0.0380. The fraction of sp³-hybridized carbons (Fsp3) is 0.0714. The second-order valence-corrected chi connectivity index (χ2v) is 5.04. The zero-order valence-corrected chi connectivity index (χ0v) is 12.0. The van der Waals surface area contributed by atoms with Gasteiger partial charge in [-0.1, -0.05) is 40.2 Å². The number of nitrogens with one attached hydrogen (secondary N) is 1. The molecule has 0 bridgehead atoms. The van der Waals surface area contributed by atoms with Gasteiger partial charge in [-0.25, -0.2) is 0 Å². The summed E-state index contributed by atoms with van der Waals surface area (Å²) >= 11 is 3.31. The highest BCUT2D eigenvalue weighted by atomic mass is 79.9. The van der Waals surface area contributed by atoms with E-state index < -0.39 is 4.92 Å². The third kappa shape index (κ3) is 3.64. The minimum Gasteiger partial charge on any atom is -0.326 e. The van der Waals surface area contributed by atoms with Crippen molar-refractivity contribution in [2.75, 3.05) is 5.32 Å². The number of benzene rings is 2. The molecule has 1 N–H and O–H groups in total. The first kappa shape index (κ1) is 14.2. The number of hydrogen-bond donors (Lipinski definition) is 1. The van der Waals surface area contributed by atoms with E-state index in [1.54, 1.807) is 36.4 Å². The summed E-state index contributed by atoms with van der Waals surface area (Å²) < 4.78 is 0.848. The summed E-state index contributed by atoms with van der Waals surface area (Å²) in [5.74, 6) is -0.294. The lowest BCUT2D eigenvalue weighted by atomic mass is 10.1. The van der Waals surface area contributed by atoms with Gasteiger partial charge in [0.25, 0.3) is 5.69 Å². The molecule has 5 nitrogen and oxygen atoms in total. The fourth-order valence-corrected chi connectivity index (χ4v) is 2.18. The lowest BCUT2D eigenvalue weighted by molar-refractivity contribution is -0.385. The van der Waals surface area contributed by atoms with Gasteiger partial charge >= 0.3 is 0 Å². The number of nitro benzene ring substituents is 1. The average Bonchev–Trinajstić information content (AvgIpc) is 2.38. The van der Waals surface area contributed by atoms with Gasteiger partial charge in [-0.05, 0) is 18.2 Å². The highest BCUT2D eigenvalue weighted by molar-refractivity contribution is 9.10. The maximum atomic E-state index is 11.9. The van der Waals surface area contributed by atoms with Crippen molar-refractivity contribution in [1.82, 2.24) is 0 Å². The number of halogens is 1. The van der Waals surface area contributed by atoms with E-state index in [1.807, 2.05) is 6.07 Å². The highest BCUT2D eigenvalue weighted by Gasteiger charge is 2.15. The van der Waals surface area contributed by atoms with E-state index in [2.05, 4.69) is 21.2 Å². The first-order chi connectivity index (χ1) is 9.56. The van der Waals surface area contributed by atoms with Crippen LogP contribution in [0.5, 0.6) is 0 Å². The van der Waals surface area contributed by atoms with Crippen LogP contribution in [0.1, 0.15) is 5.56 Å². The number of amides is 1. The van der Waals surface area contributed by atoms with Crippen molar-refractivity contribution < 1.29 is 9.72 Å². The quantitative estimate of drug-likeness (QED) is 0.686. The van der Waals surface area contributed by atoms with Crippen LogP contribution < -0.4 is 5.32 Å². The summed E-state index contributed by atoms with van der Waals surface area (Å²) in [6.45, 7) is 0. The number of hydrogen-bond acceptors (Lipinski definition) is 3. The van der Waals surface area contributed by atoms with Crippen LogP contribution in [0.2, 0.25) is 0 Å². The molecule has 0 heterocycles. The molecule has 0 aliphatic rings. The normalized spacial score (nSPS) is 10.1. The largest absolute Gasteiger partial charge is 0.326 e. The first-order valence-electron chi connectivity index (χ1n) is 5.84. The molecule has 20 heavy (non-hydrogen) atoms. The van der Waals surface area contributed by atoms with Gasteiger partial charge in [-0.2, -0.15) is 0 Å². The summed E-state index contributed by atoms with van der Waals surface area (Å²) in [7, 11) is 0. The molecule has 0 atom stereocenters. The monoisotopic (exact) mass is 334 g/mol. The van der Waals surface area contributed by atoms with Crippen molar-refractivity contribution in [3.8, 4) is 0 Å². The van der Waals surface area contributed by atoms with E-state index in [9.17, 15) is 14.9 Å². The van der Waals surface area contributed by atoms with Crippen LogP contribution in [0.3, 0.4) is 0 Å². The standard InChI is InChI=1S/C14H11BrN2O3/c15-11-5-3-6-12(9-11)16-14(18)8-10-4-1-2-7-13(10)17(19)20/h1-7,9H,8H2,(H,16,18). The molecule has 1 amide bonds. The second kappa shape index (κ2) is 6.29. The number of para-hydroxylation sites is 1. The summed E-state index contributed by atoms with van der Waals surface area (Å²) in [5, 5.41) is 13.6. The number of anilines is 1. The molecule has 0 aromatic heterocycles. The van der Waals surface area contributed by atoms with Crippen LogP contribution in [0.4, 0.5) is 11.4 Å². The molecule has 0 saturated carbocycles. The average molecular weight is 335 g/mol. The Bertz CT molecular complexity index is 658. The Hall–Kier alpha value is -2.21. The SMILES string of the molecule is O=C(Cc1ccccc1[N+](=O)[O-])Nc1cccc(Br)c1. The minimum absolute atomic E-state index is 0.0380. The molecule has 2 aromatic rings. The van der Waals surface area contributed by atoms with Crippen LogP contribution in [-0.4, -0.2) is 10.8 Å².